The Bertz CT molecular complexity index is 432. The second-order valence-electron chi connectivity index (χ2n) is 3.82. The minimum atomic E-state index is -0.468. The summed E-state index contributed by atoms with van der Waals surface area (Å²) in [7, 11) is 3.00. The lowest BCUT2D eigenvalue weighted by Gasteiger charge is -2.23. The first-order valence-electron chi connectivity index (χ1n) is 5.55. The van der Waals surface area contributed by atoms with Gasteiger partial charge in [-0.25, -0.2) is 4.79 Å². The number of rotatable bonds is 2. The number of hydrogen-bond donors (Lipinski definition) is 2. The van der Waals surface area contributed by atoms with E-state index in [0.29, 0.717) is 0 Å². The highest BCUT2D eigenvalue weighted by Gasteiger charge is 2.18. The van der Waals surface area contributed by atoms with Gasteiger partial charge < -0.3 is 14.8 Å². The SMILES string of the molecule is COC(=O)Nc1ccc(OC)c2c1NCCC2. The first-order valence-corrected chi connectivity index (χ1v) is 5.55. The molecule has 0 bridgehead atoms. The summed E-state index contributed by atoms with van der Waals surface area (Å²) in [6.07, 6.45) is 1.54. The Morgan fingerprint density at radius 1 is 1.41 bits per heavy atom. The van der Waals surface area contributed by atoms with Gasteiger partial charge in [-0.2, -0.15) is 0 Å². The van der Waals surface area contributed by atoms with Crippen LogP contribution in [0.3, 0.4) is 0 Å². The summed E-state index contributed by atoms with van der Waals surface area (Å²) in [6, 6.07) is 3.67. The Morgan fingerprint density at radius 3 is 2.94 bits per heavy atom. The number of ether oxygens (including phenoxy) is 2. The number of anilines is 2. The van der Waals surface area contributed by atoms with E-state index in [0.717, 1.165) is 42.1 Å². The molecule has 5 nitrogen and oxygen atoms in total. The first-order chi connectivity index (χ1) is 8.26. The van der Waals surface area contributed by atoms with E-state index in [1.165, 1.54) is 7.11 Å². The maximum Gasteiger partial charge on any atom is 0.411 e. The molecule has 2 rings (SSSR count). The quantitative estimate of drug-likeness (QED) is 0.826. The number of hydrogen-bond acceptors (Lipinski definition) is 4. The fourth-order valence-corrected chi connectivity index (χ4v) is 2.01. The maximum atomic E-state index is 11.2. The molecule has 0 fully saturated rings. The van der Waals surface area contributed by atoms with Gasteiger partial charge >= 0.3 is 6.09 Å². The highest BCUT2D eigenvalue weighted by atomic mass is 16.5. The summed E-state index contributed by atoms with van der Waals surface area (Å²) < 4.78 is 9.91. The van der Waals surface area contributed by atoms with Crippen LogP contribution in [-0.4, -0.2) is 26.9 Å². The lowest BCUT2D eigenvalue weighted by molar-refractivity contribution is 0.187. The van der Waals surface area contributed by atoms with Crippen molar-refractivity contribution in [2.24, 2.45) is 0 Å². The molecule has 0 radical (unpaired) electrons. The van der Waals surface area contributed by atoms with Crippen LogP contribution in [0.25, 0.3) is 0 Å². The molecule has 0 unspecified atom stereocenters. The molecule has 1 aliphatic rings. The zero-order valence-corrected chi connectivity index (χ0v) is 10.0. The maximum absolute atomic E-state index is 11.2. The lowest BCUT2D eigenvalue weighted by Crippen LogP contribution is -2.18. The van der Waals surface area contributed by atoms with Gasteiger partial charge in [0.2, 0.25) is 0 Å². The van der Waals surface area contributed by atoms with E-state index < -0.39 is 6.09 Å². The normalized spacial score (nSPS) is 13.3. The van der Waals surface area contributed by atoms with Gasteiger partial charge in [-0.15, -0.1) is 0 Å². The fourth-order valence-electron chi connectivity index (χ4n) is 2.01. The van der Waals surface area contributed by atoms with Crippen molar-refractivity contribution in [3.05, 3.63) is 17.7 Å². The number of fused-ring (bicyclic) bond motifs is 1. The van der Waals surface area contributed by atoms with Crippen LogP contribution in [0.1, 0.15) is 12.0 Å². The third-order valence-electron chi connectivity index (χ3n) is 2.82. The molecule has 17 heavy (non-hydrogen) atoms. The topological polar surface area (TPSA) is 59.6 Å². The van der Waals surface area contributed by atoms with E-state index in [2.05, 4.69) is 15.4 Å². The van der Waals surface area contributed by atoms with Crippen molar-refractivity contribution in [1.29, 1.82) is 0 Å². The predicted molar refractivity (Wildman–Crippen MR) is 65.8 cm³/mol. The standard InChI is InChI=1S/C12H16N2O3/c1-16-10-6-5-9(14-12(15)17-2)11-8(10)4-3-7-13-11/h5-6,13H,3-4,7H2,1-2H3,(H,14,15). The van der Waals surface area contributed by atoms with Crippen molar-refractivity contribution >= 4 is 17.5 Å². The van der Waals surface area contributed by atoms with Gasteiger partial charge in [0.1, 0.15) is 5.75 Å². The second kappa shape index (κ2) is 4.95. The molecule has 1 amide bonds. The second-order valence-corrected chi connectivity index (χ2v) is 3.82. The van der Waals surface area contributed by atoms with Gasteiger partial charge in [0.15, 0.2) is 0 Å². The Morgan fingerprint density at radius 2 is 2.24 bits per heavy atom. The Labute approximate surface area is 100 Å². The molecule has 2 N–H and O–H groups in total. The highest BCUT2D eigenvalue weighted by Crippen LogP contribution is 2.36. The zero-order chi connectivity index (χ0) is 12.3. The first kappa shape index (κ1) is 11.6. The van der Waals surface area contributed by atoms with E-state index in [1.54, 1.807) is 7.11 Å². The van der Waals surface area contributed by atoms with Crippen LogP contribution in [0.4, 0.5) is 16.2 Å². The number of amides is 1. The fraction of sp³-hybridized carbons (Fsp3) is 0.417. The summed E-state index contributed by atoms with van der Waals surface area (Å²) >= 11 is 0. The van der Waals surface area contributed by atoms with Crippen molar-refractivity contribution in [2.75, 3.05) is 31.4 Å². The van der Waals surface area contributed by atoms with Crippen LogP contribution in [-0.2, 0) is 11.2 Å². The molecule has 1 aromatic rings. The average molecular weight is 236 g/mol. The number of benzene rings is 1. The van der Waals surface area contributed by atoms with Crippen LogP contribution in [0, 0.1) is 0 Å². The average Bonchev–Trinajstić information content (AvgIpc) is 2.39. The number of carbonyl (C=O) groups is 1. The van der Waals surface area contributed by atoms with Crippen LogP contribution in [0.2, 0.25) is 0 Å². The van der Waals surface area contributed by atoms with E-state index in [1.807, 2.05) is 12.1 Å². The monoisotopic (exact) mass is 236 g/mol. The number of methoxy groups -OCH3 is 2. The van der Waals surface area contributed by atoms with Crippen LogP contribution >= 0.6 is 0 Å². The molecule has 0 spiro atoms. The van der Waals surface area contributed by atoms with E-state index in [4.69, 9.17) is 4.74 Å². The van der Waals surface area contributed by atoms with Crippen LogP contribution < -0.4 is 15.4 Å². The summed E-state index contributed by atoms with van der Waals surface area (Å²) in [4.78, 5) is 11.2. The van der Waals surface area contributed by atoms with Gasteiger partial charge in [0, 0.05) is 12.1 Å². The minimum absolute atomic E-state index is 0.468. The molecule has 1 aromatic carbocycles. The molecule has 92 valence electrons. The smallest absolute Gasteiger partial charge is 0.411 e. The van der Waals surface area contributed by atoms with Crippen LogP contribution in [0.15, 0.2) is 12.1 Å². The minimum Gasteiger partial charge on any atom is -0.496 e. The van der Waals surface area contributed by atoms with Gasteiger partial charge in [-0.1, -0.05) is 0 Å². The molecule has 0 aromatic heterocycles. The van der Waals surface area contributed by atoms with Gasteiger partial charge in [0.25, 0.3) is 0 Å². The van der Waals surface area contributed by atoms with Gasteiger partial charge in [0.05, 0.1) is 25.6 Å². The molecule has 0 aliphatic carbocycles. The third-order valence-corrected chi connectivity index (χ3v) is 2.82. The summed E-state index contributed by atoms with van der Waals surface area (Å²) in [6.45, 7) is 0.899. The van der Waals surface area contributed by atoms with Crippen LogP contribution in [0.5, 0.6) is 5.75 Å². The zero-order valence-electron chi connectivity index (χ0n) is 10.0. The predicted octanol–water partition coefficient (Wildman–Crippen LogP) is 2.23. The largest absolute Gasteiger partial charge is 0.496 e. The third kappa shape index (κ3) is 2.27. The van der Waals surface area contributed by atoms with E-state index >= 15 is 0 Å². The molecule has 1 heterocycles. The lowest BCUT2D eigenvalue weighted by atomic mass is 10.0. The summed E-state index contributed by atoms with van der Waals surface area (Å²) in [5.41, 5.74) is 2.76. The number of nitrogens with one attached hydrogen (secondary N) is 2. The van der Waals surface area contributed by atoms with Crippen molar-refractivity contribution in [2.45, 2.75) is 12.8 Å². The molecular formula is C12H16N2O3. The van der Waals surface area contributed by atoms with Crippen molar-refractivity contribution < 1.29 is 14.3 Å². The van der Waals surface area contributed by atoms with Crippen molar-refractivity contribution in [3.63, 3.8) is 0 Å². The van der Waals surface area contributed by atoms with E-state index in [9.17, 15) is 4.79 Å². The molecule has 0 saturated heterocycles. The molecule has 5 heteroatoms. The van der Waals surface area contributed by atoms with Gasteiger partial charge in [-0.3, -0.25) is 5.32 Å². The molecule has 0 saturated carbocycles. The molecule has 1 aliphatic heterocycles. The van der Waals surface area contributed by atoms with Crippen molar-refractivity contribution in [1.82, 2.24) is 0 Å². The Kier molecular flexibility index (Phi) is 3.37. The summed E-state index contributed by atoms with van der Waals surface area (Å²) in [5.74, 6) is 0.850. The molecular weight excluding hydrogens is 220 g/mol. The summed E-state index contributed by atoms with van der Waals surface area (Å²) in [5, 5.41) is 5.98. The number of carbonyl (C=O) groups excluding carboxylic acids is 1. The van der Waals surface area contributed by atoms with Gasteiger partial charge in [-0.05, 0) is 25.0 Å². The van der Waals surface area contributed by atoms with Crippen molar-refractivity contribution in [3.8, 4) is 5.75 Å². The highest BCUT2D eigenvalue weighted by molar-refractivity contribution is 5.91. The Hall–Kier alpha value is -1.91. The molecule has 0 atom stereocenters. The Balaban J connectivity index is 2.37. The van der Waals surface area contributed by atoms with E-state index in [-0.39, 0.29) is 0 Å².